The van der Waals surface area contributed by atoms with Crippen LogP contribution in [0, 0.1) is 5.41 Å². The summed E-state index contributed by atoms with van der Waals surface area (Å²) < 4.78 is 0. The standard InChI is InChI=1S/C17H21N5O/c1-17(2)12-22(15(17)13-3-6-18-7-4-13)16(23)21-8-5-14-11-19-9-10-20-14/h3-4,6-7,9-11,15H,5,8,12H2,1-2H3,(H,21,23). The van der Waals surface area contributed by atoms with E-state index in [-0.39, 0.29) is 17.5 Å². The van der Waals surface area contributed by atoms with Crippen molar-refractivity contribution in [3.05, 3.63) is 54.4 Å². The van der Waals surface area contributed by atoms with Crippen LogP contribution in [-0.4, -0.2) is 39.0 Å². The van der Waals surface area contributed by atoms with Crippen molar-refractivity contribution in [1.29, 1.82) is 0 Å². The van der Waals surface area contributed by atoms with Crippen molar-refractivity contribution < 1.29 is 4.79 Å². The van der Waals surface area contributed by atoms with Gasteiger partial charge in [-0.1, -0.05) is 13.8 Å². The molecule has 1 unspecified atom stereocenters. The molecule has 1 saturated heterocycles. The molecule has 1 fully saturated rings. The molecule has 0 aliphatic carbocycles. The number of likely N-dealkylation sites (tertiary alicyclic amines) is 1. The second-order valence-corrected chi connectivity index (χ2v) is 6.48. The molecule has 3 heterocycles. The van der Waals surface area contributed by atoms with Crippen molar-refractivity contribution in [2.24, 2.45) is 5.41 Å². The number of nitrogens with one attached hydrogen (secondary N) is 1. The Bertz CT molecular complexity index is 659. The number of nitrogens with zero attached hydrogens (tertiary/aromatic N) is 4. The molecule has 6 nitrogen and oxygen atoms in total. The zero-order valence-electron chi connectivity index (χ0n) is 13.4. The Hall–Kier alpha value is -2.50. The number of rotatable bonds is 4. The van der Waals surface area contributed by atoms with Gasteiger partial charge in [-0.2, -0.15) is 0 Å². The third-order valence-corrected chi connectivity index (χ3v) is 4.19. The zero-order valence-corrected chi connectivity index (χ0v) is 13.4. The summed E-state index contributed by atoms with van der Waals surface area (Å²) >= 11 is 0. The molecule has 3 rings (SSSR count). The van der Waals surface area contributed by atoms with Gasteiger partial charge in [-0.3, -0.25) is 15.0 Å². The quantitative estimate of drug-likeness (QED) is 0.939. The Balaban J connectivity index is 1.59. The first-order chi connectivity index (χ1) is 11.1. The van der Waals surface area contributed by atoms with Crippen molar-refractivity contribution in [2.45, 2.75) is 26.3 Å². The van der Waals surface area contributed by atoms with E-state index in [0.29, 0.717) is 13.0 Å². The van der Waals surface area contributed by atoms with Crippen LogP contribution in [0.25, 0.3) is 0 Å². The molecule has 120 valence electrons. The number of carbonyl (C=O) groups excluding carboxylic acids is 1. The lowest BCUT2D eigenvalue weighted by atomic mass is 9.72. The predicted molar refractivity (Wildman–Crippen MR) is 86.6 cm³/mol. The van der Waals surface area contributed by atoms with Crippen molar-refractivity contribution in [2.75, 3.05) is 13.1 Å². The predicted octanol–water partition coefficient (Wildman–Crippen LogP) is 2.21. The van der Waals surface area contributed by atoms with Crippen LogP contribution in [-0.2, 0) is 6.42 Å². The van der Waals surface area contributed by atoms with Crippen LogP contribution >= 0.6 is 0 Å². The third kappa shape index (κ3) is 3.31. The number of hydrogen-bond donors (Lipinski definition) is 1. The molecule has 1 aliphatic heterocycles. The summed E-state index contributed by atoms with van der Waals surface area (Å²) in [7, 11) is 0. The fraction of sp³-hybridized carbons (Fsp3) is 0.412. The van der Waals surface area contributed by atoms with Gasteiger partial charge in [0, 0.05) is 55.9 Å². The molecule has 2 aromatic rings. The first-order valence-electron chi connectivity index (χ1n) is 7.77. The zero-order chi connectivity index (χ0) is 16.3. The van der Waals surface area contributed by atoms with Crippen molar-refractivity contribution in [1.82, 2.24) is 25.2 Å². The van der Waals surface area contributed by atoms with E-state index in [0.717, 1.165) is 17.8 Å². The van der Waals surface area contributed by atoms with E-state index < -0.39 is 0 Å². The van der Waals surface area contributed by atoms with Crippen LogP contribution in [0.2, 0.25) is 0 Å². The van der Waals surface area contributed by atoms with Gasteiger partial charge in [0.15, 0.2) is 0 Å². The Morgan fingerprint density at radius 3 is 2.70 bits per heavy atom. The van der Waals surface area contributed by atoms with Crippen LogP contribution < -0.4 is 5.32 Å². The molecule has 0 radical (unpaired) electrons. The average Bonchev–Trinajstić information content (AvgIpc) is 2.55. The van der Waals surface area contributed by atoms with Crippen LogP contribution in [0.15, 0.2) is 43.1 Å². The number of carbonyl (C=O) groups is 1. The molecule has 23 heavy (non-hydrogen) atoms. The lowest BCUT2D eigenvalue weighted by Gasteiger charge is -2.54. The average molecular weight is 311 g/mol. The van der Waals surface area contributed by atoms with E-state index in [2.05, 4.69) is 34.1 Å². The summed E-state index contributed by atoms with van der Waals surface area (Å²) in [6.07, 6.45) is 9.25. The summed E-state index contributed by atoms with van der Waals surface area (Å²) in [5.74, 6) is 0. The molecule has 0 bridgehead atoms. The highest BCUT2D eigenvalue weighted by Gasteiger charge is 2.48. The monoisotopic (exact) mass is 311 g/mol. The van der Waals surface area contributed by atoms with Gasteiger partial charge in [-0.25, -0.2) is 4.79 Å². The lowest BCUT2D eigenvalue weighted by molar-refractivity contribution is -0.0164. The van der Waals surface area contributed by atoms with Gasteiger partial charge in [0.25, 0.3) is 0 Å². The fourth-order valence-electron chi connectivity index (χ4n) is 3.15. The number of hydrogen-bond acceptors (Lipinski definition) is 4. The van der Waals surface area contributed by atoms with E-state index >= 15 is 0 Å². The van der Waals surface area contributed by atoms with Gasteiger partial charge in [-0.05, 0) is 17.7 Å². The Labute approximate surface area is 136 Å². The smallest absolute Gasteiger partial charge is 0.317 e. The molecule has 1 N–H and O–H groups in total. The largest absolute Gasteiger partial charge is 0.338 e. The maximum absolute atomic E-state index is 12.5. The molecule has 0 saturated carbocycles. The van der Waals surface area contributed by atoms with E-state index in [1.807, 2.05) is 17.0 Å². The van der Waals surface area contributed by atoms with Gasteiger partial charge >= 0.3 is 6.03 Å². The van der Waals surface area contributed by atoms with Crippen molar-refractivity contribution in [3.8, 4) is 0 Å². The molecular formula is C17H21N5O. The molecule has 2 aromatic heterocycles. The van der Waals surface area contributed by atoms with Crippen LogP contribution in [0.1, 0.15) is 31.1 Å². The van der Waals surface area contributed by atoms with Gasteiger partial charge in [0.2, 0.25) is 0 Å². The number of aromatic nitrogens is 3. The molecule has 1 aliphatic rings. The van der Waals surface area contributed by atoms with Gasteiger partial charge in [-0.15, -0.1) is 0 Å². The first-order valence-corrected chi connectivity index (χ1v) is 7.77. The van der Waals surface area contributed by atoms with E-state index in [1.165, 1.54) is 0 Å². The van der Waals surface area contributed by atoms with E-state index in [9.17, 15) is 4.79 Å². The normalized spacial score (nSPS) is 19.0. The van der Waals surface area contributed by atoms with Crippen molar-refractivity contribution in [3.63, 3.8) is 0 Å². The van der Waals surface area contributed by atoms with Crippen molar-refractivity contribution >= 4 is 6.03 Å². The highest BCUT2D eigenvalue weighted by atomic mass is 16.2. The minimum Gasteiger partial charge on any atom is -0.338 e. The fourth-order valence-corrected chi connectivity index (χ4v) is 3.15. The summed E-state index contributed by atoms with van der Waals surface area (Å²) in [5, 5.41) is 2.97. The molecule has 6 heteroatoms. The van der Waals surface area contributed by atoms with Crippen LogP contribution in [0.4, 0.5) is 4.79 Å². The molecular weight excluding hydrogens is 290 g/mol. The molecule has 2 amide bonds. The molecule has 1 atom stereocenters. The topological polar surface area (TPSA) is 71.0 Å². The number of urea groups is 1. The first kappa shape index (κ1) is 15.4. The lowest BCUT2D eigenvalue weighted by Crippen LogP contribution is -2.60. The Morgan fingerprint density at radius 2 is 2.04 bits per heavy atom. The van der Waals surface area contributed by atoms with Crippen LogP contribution in [0.5, 0.6) is 0 Å². The number of amides is 2. The van der Waals surface area contributed by atoms with E-state index in [4.69, 9.17) is 0 Å². The third-order valence-electron chi connectivity index (χ3n) is 4.19. The summed E-state index contributed by atoms with van der Waals surface area (Å²) in [6.45, 7) is 5.66. The molecule has 0 spiro atoms. The Kier molecular flexibility index (Phi) is 4.23. The Morgan fingerprint density at radius 1 is 1.26 bits per heavy atom. The van der Waals surface area contributed by atoms with Gasteiger partial charge < -0.3 is 10.2 Å². The second-order valence-electron chi connectivity index (χ2n) is 6.48. The van der Waals surface area contributed by atoms with Gasteiger partial charge in [0.05, 0.1) is 11.7 Å². The van der Waals surface area contributed by atoms with Crippen LogP contribution in [0.3, 0.4) is 0 Å². The highest BCUT2D eigenvalue weighted by molar-refractivity contribution is 5.76. The molecule has 0 aromatic carbocycles. The number of pyridine rings is 1. The maximum Gasteiger partial charge on any atom is 0.317 e. The second kappa shape index (κ2) is 6.32. The summed E-state index contributed by atoms with van der Waals surface area (Å²) in [4.78, 5) is 26.6. The minimum absolute atomic E-state index is 0.0324. The summed E-state index contributed by atoms with van der Waals surface area (Å²) in [5.41, 5.74) is 2.08. The summed E-state index contributed by atoms with van der Waals surface area (Å²) in [6, 6.07) is 4.01. The highest BCUT2D eigenvalue weighted by Crippen LogP contribution is 2.47. The van der Waals surface area contributed by atoms with E-state index in [1.54, 1.807) is 31.0 Å². The SMILES string of the molecule is CC1(C)CN(C(=O)NCCc2cnccn2)C1c1ccncc1. The minimum atomic E-state index is -0.0324. The van der Waals surface area contributed by atoms with Gasteiger partial charge in [0.1, 0.15) is 0 Å². The maximum atomic E-state index is 12.5.